The van der Waals surface area contributed by atoms with E-state index in [9.17, 15) is 0 Å². The van der Waals surface area contributed by atoms with E-state index in [1.165, 1.54) is 0 Å². The van der Waals surface area contributed by atoms with Crippen LogP contribution >= 0.6 is 23.2 Å². The Kier molecular flexibility index (Phi) is 4.94. The van der Waals surface area contributed by atoms with Crippen molar-refractivity contribution in [2.45, 2.75) is 0 Å². The van der Waals surface area contributed by atoms with Crippen molar-refractivity contribution in [3.05, 3.63) is 58.6 Å². The third-order valence-electron chi connectivity index (χ3n) is 5.04. The van der Waals surface area contributed by atoms with Crippen molar-refractivity contribution in [1.29, 1.82) is 0 Å². The lowest BCUT2D eigenvalue weighted by atomic mass is 10.1. The van der Waals surface area contributed by atoms with Crippen LogP contribution in [0.2, 0.25) is 10.0 Å². The van der Waals surface area contributed by atoms with Gasteiger partial charge in [0.05, 0.1) is 35.0 Å². The fourth-order valence-electron chi connectivity index (χ4n) is 3.55. The number of benzene rings is 2. The van der Waals surface area contributed by atoms with E-state index >= 15 is 0 Å². The highest BCUT2D eigenvalue weighted by Crippen LogP contribution is 2.35. The summed E-state index contributed by atoms with van der Waals surface area (Å²) >= 11 is 12.5. The van der Waals surface area contributed by atoms with Crippen molar-refractivity contribution in [3.8, 4) is 16.9 Å². The Balaban J connectivity index is 1.75. The molecule has 152 valence electrons. The molecular formula is C21H18Cl2N6O. The zero-order chi connectivity index (χ0) is 20.7. The second kappa shape index (κ2) is 7.75. The molecule has 30 heavy (non-hydrogen) atoms. The Morgan fingerprint density at radius 1 is 0.967 bits per heavy atom. The third kappa shape index (κ3) is 3.35. The lowest BCUT2D eigenvalue weighted by molar-refractivity contribution is 0.122. The molecule has 7 nitrogen and oxygen atoms in total. The lowest BCUT2D eigenvalue weighted by Gasteiger charge is -2.27. The molecule has 0 saturated carbocycles. The van der Waals surface area contributed by atoms with Gasteiger partial charge in [-0.1, -0.05) is 53.5 Å². The van der Waals surface area contributed by atoms with E-state index in [0.29, 0.717) is 51.7 Å². The Morgan fingerprint density at radius 2 is 1.73 bits per heavy atom. The number of hydrogen-bond donors (Lipinski definition) is 1. The van der Waals surface area contributed by atoms with Crippen LogP contribution in [0.5, 0.6) is 0 Å². The molecule has 0 bridgehead atoms. The van der Waals surface area contributed by atoms with Crippen molar-refractivity contribution in [1.82, 2.24) is 19.7 Å². The first-order valence-corrected chi connectivity index (χ1v) is 10.3. The second-order valence-corrected chi connectivity index (χ2v) is 7.77. The zero-order valence-electron chi connectivity index (χ0n) is 15.9. The van der Waals surface area contributed by atoms with Gasteiger partial charge in [0.1, 0.15) is 5.82 Å². The number of fused-ring (bicyclic) bond motifs is 1. The molecule has 2 aromatic heterocycles. The zero-order valence-corrected chi connectivity index (χ0v) is 17.4. The Bertz CT molecular complexity index is 1220. The number of nitrogen functional groups attached to an aromatic ring is 1. The highest BCUT2D eigenvalue weighted by molar-refractivity contribution is 6.35. The molecule has 2 aromatic carbocycles. The van der Waals surface area contributed by atoms with Gasteiger partial charge in [-0.3, -0.25) is 0 Å². The van der Waals surface area contributed by atoms with Gasteiger partial charge in [-0.2, -0.15) is 4.98 Å². The van der Waals surface area contributed by atoms with Crippen LogP contribution in [-0.2, 0) is 4.74 Å². The first kappa shape index (κ1) is 19.1. The molecule has 3 heterocycles. The van der Waals surface area contributed by atoms with Crippen LogP contribution in [0.15, 0.2) is 48.5 Å². The van der Waals surface area contributed by atoms with Gasteiger partial charge >= 0.3 is 0 Å². The van der Waals surface area contributed by atoms with Crippen molar-refractivity contribution in [3.63, 3.8) is 0 Å². The molecule has 4 aromatic rings. The summed E-state index contributed by atoms with van der Waals surface area (Å²) in [5.41, 5.74) is 9.35. The van der Waals surface area contributed by atoms with Gasteiger partial charge in [0.15, 0.2) is 5.65 Å². The minimum Gasteiger partial charge on any atom is -0.383 e. The minimum atomic E-state index is 0.418. The molecule has 0 atom stereocenters. The number of hydrogen-bond acceptors (Lipinski definition) is 6. The van der Waals surface area contributed by atoms with Crippen LogP contribution in [0, 0.1) is 0 Å². The maximum absolute atomic E-state index is 6.54. The predicted molar refractivity (Wildman–Crippen MR) is 120 cm³/mol. The van der Waals surface area contributed by atoms with Gasteiger partial charge in [-0.05, 0) is 18.2 Å². The molecule has 0 aliphatic carbocycles. The van der Waals surface area contributed by atoms with Gasteiger partial charge in [0.2, 0.25) is 5.95 Å². The van der Waals surface area contributed by atoms with E-state index in [4.69, 9.17) is 43.6 Å². The number of ether oxygens (including phenoxy) is 1. The molecule has 0 unspecified atom stereocenters. The van der Waals surface area contributed by atoms with E-state index in [-0.39, 0.29) is 0 Å². The summed E-state index contributed by atoms with van der Waals surface area (Å²) in [5.74, 6) is 1.03. The fraction of sp³-hybridized carbons (Fsp3) is 0.190. The van der Waals surface area contributed by atoms with E-state index in [1.54, 1.807) is 22.9 Å². The van der Waals surface area contributed by atoms with E-state index in [2.05, 4.69) is 10.00 Å². The molecule has 9 heteroatoms. The predicted octanol–water partition coefficient (Wildman–Crippen LogP) is 4.21. The number of nitrogens with two attached hydrogens (primary N) is 1. The topological polar surface area (TPSA) is 82.1 Å². The molecule has 2 N–H and O–H groups in total. The van der Waals surface area contributed by atoms with E-state index in [1.807, 2.05) is 30.3 Å². The van der Waals surface area contributed by atoms with Crippen molar-refractivity contribution < 1.29 is 4.74 Å². The van der Waals surface area contributed by atoms with E-state index < -0.39 is 0 Å². The smallest absolute Gasteiger partial charge is 0.228 e. The van der Waals surface area contributed by atoms with Crippen LogP contribution in [0.25, 0.3) is 28.0 Å². The highest BCUT2D eigenvalue weighted by Gasteiger charge is 2.23. The van der Waals surface area contributed by atoms with Crippen molar-refractivity contribution >= 4 is 46.0 Å². The minimum absolute atomic E-state index is 0.418. The van der Waals surface area contributed by atoms with Crippen LogP contribution in [0.1, 0.15) is 0 Å². The van der Waals surface area contributed by atoms with Gasteiger partial charge in [0, 0.05) is 23.7 Å². The van der Waals surface area contributed by atoms with Gasteiger partial charge < -0.3 is 15.4 Å². The van der Waals surface area contributed by atoms with E-state index in [0.717, 1.165) is 24.3 Å². The lowest BCUT2D eigenvalue weighted by Crippen LogP contribution is -2.37. The molecule has 1 aliphatic heterocycles. The van der Waals surface area contributed by atoms with Crippen LogP contribution in [-0.4, -0.2) is 46.1 Å². The largest absolute Gasteiger partial charge is 0.383 e. The molecule has 1 aliphatic rings. The number of rotatable bonds is 3. The summed E-state index contributed by atoms with van der Waals surface area (Å²) in [6.07, 6.45) is 0. The number of halogens is 2. The molecule has 1 fully saturated rings. The average Bonchev–Trinajstić information content (AvgIpc) is 3.10. The fourth-order valence-corrected chi connectivity index (χ4v) is 4.04. The SMILES string of the molecule is Nc1c2c(-c3ccccc3)nc(N3CCOCC3)nc2nn1-c1ccc(Cl)cc1Cl. The van der Waals surface area contributed by atoms with Crippen LogP contribution < -0.4 is 10.6 Å². The quantitative estimate of drug-likeness (QED) is 0.513. The standard InChI is InChI=1S/C21H18Cl2N6O/c22-14-6-7-16(15(23)12-14)29-19(24)17-18(13-4-2-1-3-5-13)25-21(26-20(17)27-29)28-8-10-30-11-9-28/h1-7,12H,8-11,24H2. The summed E-state index contributed by atoms with van der Waals surface area (Å²) in [5, 5.41) is 6.34. The molecule has 1 saturated heterocycles. The molecular weight excluding hydrogens is 423 g/mol. The number of morpholine rings is 1. The molecule has 0 spiro atoms. The summed E-state index contributed by atoms with van der Waals surface area (Å²) in [4.78, 5) is 11.7. The number of aromatic nitrogens is 4. The molecule has 5 rings (SSSR count). The van der Waals surface area contributed by atoms with Crippen LogP contribution in [0.3, 0.4) is 0 Å². The Labute approximate surface area is 183 Å². The summed E-state index contributed by atoms with van der Waals surface area (Å²) < 4.78 is 7.06. The van der Waals surface area contributed by atoms with Crippen molar-refractivity contribution in [2.24, 2.45) is 0 Å². The summed E-state index contributed by atoms with van der Waals surface area (Å²) in [6, 6.07) is 15.1. The number of nitrogens with zero attached hydrogens (tertiary/aromatic N) is 5. The summed E-state index contributed by atoms with van der Waals surface area (Å²) in [6.45, 7) is 2.72. The normalized spacial score (nSPS) is 14.4. The first-order valence-electron chi connectivity index (χ1n) is 9.51. The monoisotopic (exact) mass is 440 g/mol. The first-order chi connectivity index (χ1) is 14.6. The third-order valence-corrected chi connectivity index (χ3v) is 5.57. The van der Waals surface area contributed by atoms with Gasteiger partial charge in [-0.25, -0.2) is 9.67 Å². The highest BCUT2D eigenvalue weighted by atomic mass is 35.5. The van der Waals surface area contributed by atoms with Gasteiger partial charge in [0.25, 0.3) is 0 Å². The molecule has 0 radical (unpaired) electrons. The van der Waals surface area contributed by atoms with Crippen LogP contribution in [0.4, 0.5) is 11.8 Å². The van der Waals surface area contributed by atoms with Crippen molar-refractivity contribution in [2.75, 3.05) is 36.9 Å². The number of anilines is 2. The maximum atomic E-state index is 6.54. The van der Waals surface area contributed by atoms with Gasteiger partial charge in [-0.15, -0.1) is 5.10 Å². The second-order valence-electron chi connectivity index (χ2n) is 6.93. The Morgan fingerprint density at radius 3 is 2.47 bits per heavy atom. The Hall–Kier alpha value is -2.87. The maximum Gasteiger partial charge on any atom is 0.228 e. The molecule has 0 amide bonds. The average molecular weight is 441 g/mol. The summed E-state index contributed by atoms with van der Waals surface area (Å²) in [7, 11) is 0.